The number of hydrogen-bond acceptors (Lipinski definition) is 5. The SMILES string of the molecule is Cc1c(C(=O)O)sc(=O)n1CCN1CCOCC1. The van der Waals surface area contributed by atoms with Crippen LogP contribution < -0.4 is 4.87 Å². The van der Waals surface area contributed by atoms with Gasteiger partial charge in [-0.3, -0.25) is 9.69 Å². The lowest BCUT2D eigenvalue weighted by Gasteiger charge is -2.26. The van der Waals surface area contributed by atoms with Crippen LogP contribution in [0.5, 0.6) is 0 Å². The van der Waals surface area contributed by atoms with Crippen LogP contribution in [0, 0.1) is 6.92 Å². The Morgan fingerprint density at radius 1 is 1.39 bits per heavy atom. The number of carboxylic acids is 1. The highest BCUT2D eigenvalue weighted by atomic mass is 32.1. The molecule has 0 amide bonds. The highest BCUT2D eigenvalue weighted by Gasteiger charge is 2.17. The summed E-state index contributed by atoms with van der Waals surface area (Å²) < 4.78 is 6.79. The van der Waals surface area contributed by atoms with E-state index in [-0.39, 0.29) is 9.75 Å². The molecule has 2 rings (SSSR count). The van der Waals surface area contributed by atoms with Gasteiger partial charge in [-0.15, -0.1) is 0 Å². The number of thiazole rings is 1. The van der Waals surface area contributed by atoms with Gasteiger partial charge in [0.15, 0.2) is 0 Å². The van der Waals surface area contributed by atoms with Crippen LogP contribution in [0.3, 0.4) is 0 Å². The fourth-order valence-corrected chi connectivity index (χ4v) is 2.86. The van der Waals surface area contributed by atoms with Crippen LogP contribution in [-0.2, 0) is 11.3 Å². The molecule has 1 saturated heterocycles. The first-order valence-electron chi connectivity index (χ1n) is 5.83. The van der Waals surface area contributed by atoms with Crippen molar-refractivity contribution in [3.63, 3.8) is 0 Å². The van der Waals surface area contributed by atoms with E-state index in [0.717, 1.165) is 44.2 Å². The van der Waals surface area contributed by atoms with Gasteiger partial charge in [0.1, 0.15) is 4.88 Å². The number of carboxylic acid groups (broad SMARTS) is 1. The molecule has 7 heteroatoms. The van der Waals surface area contributed by atoms with E-state index < -0.39 is 5.97 Å². The topological polar surface area (TPSA) is 71.8 Å². The first kappa shape index (κ1) is 13.3. The Bertz CT molecular complexity index is 488. The van der Waals surface area contributed by atoms with E-state index in [1.165, 1.54) is 0 Å². The Morgan fingerprint density at radius 3 is 2.61 bits per heavy atom. The maximum absolute atomic E-state index is 11.7. The molecule has 0 unspecified atom stereocenters. The van der Waals surface area contributed by atoms with Crippen molar-refractivity contribution in [3.8, 4) is 0 Å². The van der Waals surface area contributed by atoms with Crippen LogP contribution in [0.1, 0.15) is 15.4 Å². The van der Waals surface area contributed by atoms with Crippen LogP contribution >= 0.6 is 11.3 Å². The summed E-state index contributed by atoms with van der Waals surface area (Å²) in [6.45, 7) is 6.14. The molecule has 2 heterocycles. The number of carbonyl (C=O) groups is 1. The number of hydrogen-bond donors (Lipinski definition) is 1. The highest BCUT2D eigenvalue weighted by Crippen LogP contribution is 2.11. The third-order valence-corrected chi connectivity index (χ3v) is 4.15. The number of aromatic nitrogens is 1. The van der Waals surface area contributed by atoms with Crippen molar-refractivity contribution in [2.75, 3.05) is 32.8 Å². The molecule has 0 bridgehead atoms. The number of rotatable bonds is 4. The smallest absolute Gasteiger partial charge is 0.347 e. The summed E-state index contributed by atoms with van der Waals surface area (Å²) in [6, 6.07) is 0. The van der Waals surface area contributed by atoms with E-state index in [2.05, 4.69) is 4.90 Å². The van der Waals surface area contributed by atoms with E-state index in [1.54, 1.807) is 11.5 Å². The van der Waals surface area contributed by atoms with E-state index in [9.17, 15) is 9.59 Å². The highest BCUT2D eigenvalue weighted by molar-refractivity contribution is 7.11. The molecule has 1 fully saturated rings. The number of aromatic carboxylic acids is 1. The molecule has 1 aromatic rings. The molecule has 0 atom stereocenters. The van der Waals surface area contributed by atoms with Crippen molar-refractivity contribution >= 4 is 17.3 Å². The minimum Gasteiger partial charge on any atom is -0.477 e. The molecule has 1 aliphatic rings. The van der Waals surface area contributed by atoms with Gasteiger partial charge >= 0.3 is 10.8 Å². The van der Waals surface area contributed by atoms with Crippen molar-refractivity contribution < 1.29 is 14.6 Å². The normalized spacial score (nSPS) is 16.9. The van der Waals surface area contributed by atoms with Crippen molar-refractivity contribution in [3.05, 3.63) is 20.2 Å². The van der Waals surface area contributed by atoms with E-state index in [1.807, 2.05) is 0 Å². The minimum atomic E-state index is -1.03. The summed E-state index contributed by atoms with van der Waals surface area (Å²) in [5.41, 5.74) is 0.547. The summed E-state index contributed by atoms with van der Waals surface area (Å²) >= 11 is 0.800. The molecule has 0 saturated carbocycles. The van der Waals surface area contributed by atoms with Gasteiger partial charge in [-0.25, -0.2) is 4.79 Å². The van der Waals surface area contributed by atoms with E-state index in [4.69, 9.17) is 9.84 Å². The molecule has 1 aliphatic heterocycles. The Hall–Kier alpha value is -1.18. The Balaban J connectivity index is 2.05. The van der Waals surface area contributed by atoms with Crippen LogP contribution in [0.2, 0.25) is 0 Å². The Labute approximate surface area is 108 Å². The lowest BCUT2D eigenvalue weighted by molar-refractivity contribution is 0.0362. The molecule has 0 radical (unpaired) electrons. The molecular formula is C11H16N2O4S. The molecule has 0 aliphatic carbocycles. The second kappa shape index (κ2) is 5.64. The molecule has 1 N–H and O–H groups in total. The molecule has 6 nitrogen and oxygen atoms in total. The van der Waals surface area contributed by atoms with Crippen molar-refractivity contribution in [1.29, 1.82) is 0 Å². The molecule has 0 aromatic carbocycles. The fourth-order valence-electron chi connectivity index (χ4n) is 2.00. The van der Waals surface area contributed by atoms with Gasteiger partial charge in [-0.05, 0) is 6.92 Å². The first-order chi connectivity index (χ1) is 8.59. The summed E-state index contributed by atoms with van der Waals surface area (Å²) in [5, 5.41) is 8.95. The zero-order valence-corrected chi connectivity index (χ0v) is 11.0. The quantitative estimate of drug-likeness (QED) is 0.850. The zero-order valence-electron chi connectivity index (χ0n) is 10.2. The number of nitrogens with zero attached hydrogens (tertiary/aromatic N) is 2. The van der Waals surface area contributed by atoms with Gasteiger partial charge in [0.2, 0.25) is 0 Å². The van der Waals surface area contributed by atoms with Crippen LogP contribution in [0.4, 0.5) is 0 Å². The molecule has 0 spiro atoms. The average Bonchev–Trinajstić information content (AvgIpc) is 2.64. The second-order valence-corrected chi connectivity index (χ2v) is 5.15. The third-order valence-electron chi connectivity index (χ3n) is 3.08. The zero-order chi connectivity index (χ0) is 13.1. The lowest BCUT2D eigenvalue weighted by Crippen LogP contribution is -2.39. The predicted molar refractivity (Wildman–Crippen MR) is 67.5 cm³/mol. The lowest BCUT2D eigenvalue weighted by atomic mass is 10.3. The van der Waals surface area contributed by atoms with Gasteiger partial charge in [0, 0.05) is 31.9 Å². The Kier molecular flexibility index (Phi) is 4.15. The van der Waals surface area contributed by atoms with Gasteiger partial charge in [0.05, 0.1) is 13.2 Å². The van der Waals surface area contributed by atoms with Crippen LogP contribution in [0.15, 0.2) is 4.79 Å². The van der Waals surface area contributed by atoms with E-state index >= 15 is 0 Å². The van der Waals surface area contributed by atoms with Gasteiger partial charge in [0.25, 0.3) is 0 Å². The number of ether oxygens (including phenoxy) is 1. The maximum Gasteiger partial charge on any atom is 0.347 e. The van der Waals surface area contributed by atoms with Gasteiger partial charge in [-0.1, -0.05) is 11.3 Å². The Morgan fingerprint density at radius 2 is 2.06 bits per heavy atom. The predicted octanol–water partition coefficient (Wildman–Crippen LogP) is 0.249. The van der Waals surface area contributed by atoms with Gasteiger partial charge < -0.3 is 14.4 Å². The average molecular weight is 272 g/mol. The monoisotopic (exact) mass is 272 g/mol. The first-order valence-corrected chi connectivity index (χ1v) is 6.65. The van der Waals surface area contributed by atoms with Crippen molar-refractivity contribution in [2.24, 2.45) is 0 Å². The van der Waals surface area contributed by atoms with Crippen molar-refractivity contribution in [2.45, 2.75) is 13.5 Å². The summed E-state index contributed by atoms with van der Waals surface area (Å²) in [4.78, 5) is 24.8. The standard InChI is InChI=1S/C11H16N2O4S/c1-8-9(10(14)15)18-11(16)13(8)3-2-12-4-6-17-7-5-12/h2-7H2,1H3,(H,14,15). The molecular weight excluding hydrogens is 256 g/mol. The number of morpholine rings is 1. The second-order valence-electron chi connectivity index (χ2n) is 4.19. The molecule has 18 heavy (non-hydrogen) atoms. The maximum atomic E-state index is 11.7. The van der Waals surface area contributed by atoms with Crippen molar-refractivity contribution in [1.82, 2.24) is 9.47 Å². The van der Waals surface area contributed by atoms with Crippen LogP contribution in [0.25, 0.3) is 0 Å². The summed E-state index contributed by atoms with van der Waals surface area (Å²) in [5.74, 6) is -1.03. The van der Waals surface area contributed by atoms with Gasteiger partial charge in [-0.2, -0.15) is 0 Å². The fraction of sp³-hybridized carbons (Fsp3) is 0.636. The largest absolute Gasteiger partial charge is 0.477 e. The third kappa shape index (κ3) is 2.80. The minimum absolute atomic E-state index is 0.141. The van der Waals surface area contributed by atoms with Crippen LogP contribution in [-0.4, -0.2) is 53.4 Å². The molecule has 1 aromatic heterocycles. The summed E-state index contributed by atoms with van der Waals surface area (Å²) in [6.07, 6.45) is 0. The summed E-state index contributed by atoms with van der Waals surface area (Å²) in [7, 11) is 0. The molecule has 100 valence electrons. The van der Waals surface area contributed by atoms with E-state index in [0.29, 0.717) is 12.2 Å².